The summed E-state index contributed by atoms with van der Waals surface area (Å²) in [6.45, 7) is -1.79. The highest BCUT2D eigenvalue weighted by atomic mass is 19.4. The molecular weight excluding hydrogens is 221 g/mol. The van der Waals surface area contributed by atoms with Crippen molar-refractivity contribution in [2.24, 2.45) is 0 Å². The van der Waals surface area contributed by atoms with Crippen LogP contribution in [-0.2, 0) is 4.74 Å². The molecule has 0 saturated carbocycles. The number of alkyl halides is 7. The Hall–Kier alpha value is -0.950. The van der Waals surface area contributed by atoms with E-state index in [9.17, 15) is 30.7 Å². The summed E-state index contributed by atoms with van der Waals surface area (Å²) < 4.78 is 84.3. The monoisotopic (exact) mass is 226 g/mol. The van der Waals surface area contributed by atoms with E-state index < -0.39 is 31.2 Å². The van der Waals surface area contributed by atoms with Crippen LogP contribution in [-0.4, -0.2) is 25.1 Å². The molecule has 0 aromatic heterocycles. The number of halogens is 7. The van der Waals surface area contributed by atoms with Gasteiger partial charge in [-0.1, -0.05) is 0 Å². The molecule has 0 saturated heterocycles. The van der Waals surface area contributed by atoms with Crippen molar-refractivity contribution < 1.29 is 35.5 Å². The molecule has 0 heterocycles. The van der Waals surface area contributed by atoms with Gasteiger partial charge in [0.05, 0.1) is 12.3 Å². The minimum Gasteiger partial charge on any atom is -0.495 e. The Labute approximate surface area is 74.1 Å². The normalized spacial score (nSPS) is 14.0. The van der Waals surface area contributed by atoms with E-state index in [0.717, 1.165) is 0 Å². The number of allylic oxidation sites excluding steroid dienone is 1. The second-order valence-corrected chi connectivity index (χ2v) is 2.22. The maximum atomic E-state index is 12.0. The maximum Gasteiger partial charge on any atom is 0.412 e. The molecule has 0 N–H and O–H groups in total. The van der Waals surface area contributed by atoms with Gasteiger partial charge in [0.2, 0.25) is 0 Å². The Morgan fingerprint density at radius 1 is 1.07 bits per heavy atom. The van der Waals surface area contributed by atoms with Gasteiger partial charge in [-0.3, -0.25) is 0 Å². The van der Waals surface area contributed by atoms with Gasteiger partial charge in [-0.05, 0) is 0 Å². The SMILES string of the molecule is FC(F)C(F)(F)CO/C=C/C(F)(F)F. The number of hydrogen-bond acceptors (Lipinski definition) is 1. The van der Waals surface area contributed by atoms with E-state index in [4.69, 9.17) is 0 Å². The lowest BCUT2D eigenvalue weighted by atomic mass is 10.4. The minimum atomic E-state index is -4.72. The third kappa shape index (κ3) is 5.65. The van der Waals surface area contributed by atoms with Gasteiger partial charge < -0.3 is 4.74 Å². The molecule has 8 heteroatoms. The fourth-order valence-corrected chi connectivity index (χ4v) is 0.347. The summed E-state index contributed by atoms with van der Waals surface area (Å²) in [5.41, 5.74) is 0. The third-order valence-corrected chi connectivity index (χ3v) is 0.948. The van der Waals surface area contributed by atoms with E-state index in [1.807, 2.05) is 0 Å². The van der Waals surface area contributed by atoms with Gasteiger partial charge >= 0.3 is 18.5 Å². The highest BCUT2D eigenvalue weighted by Gasteiger charge is 2.41. The van der Waals surface area contributed by atoms with Crippen LogP contribution in [0.15, 0.2) is 12.3 Å². The smallest absolute Gasteiger partial charge is 0.412 e. The van der Waals surface area contributed by atoms with Gasteiger partial charge in [0.1, 0.15) is 0 Å². The molecule has 0 aromatic rings. The van der Waals surface area contributed by atoms with Crippen LogP contribution in [0.2, 0.25) is 0 Å². The lowest BCUT2D eigenvalue weighted by Crippen LogP contribution is -2.31. The summed E-state index contributed by atoms with van der Waals surface area (Å²) in [5.74, 6) is -4.45. The van der Waals surface area contributed by atoms with E-state index >= 15 is 0 Å². The van der Waals surface area contributed by atoms with Crippen molar-refractivity contribution in [3.05, 3.63) is 12.3 Å². The Balaban J connectivity index is 3.91. The van der Waals surface area contributed by atoms with E-state index in [1.54, 1.807) is 0 Å². The molecule has 0 atom stereocenters. The summed E-state index contributed by atoms with van der Waals surface area (Å²) in [5, 5.41) is 0. The Bertz CT molecular complexity index is 195. The van der Waals surface area contributed by atoms with Crippen molar-refractivity contribution in [1.82, 2.24) is 0 Å². The number of ether oxygens (including phenoxy) is 1. The molecule has 0 unspecified atom stereocenters. The van der Waals surface area contributed by atoms with Gasteiger partial charge in [-0.2, -0.15) is 22.0 Å². The number of hydrogen-bond donors (Lipinski definition) is 0. The average Bonchev–Trinajstić information content (AvgIpc) is 1.96. The summed E-state index contributed by atoms with van der Waals surface area (Å²) >= 11 is 0. The molecule has 0 aliphatic rings. The first kappa shape index (κ1) is 13.1. The van der Waals surface area contributed by atoms with Gasteiger partial charge in [0, 0.05) is 0 Å². The molecular formula is C6H5F7O. The van der Waals surface area contributed by atoms with E-state index in [1.165, 1.54) is 0 Å². The van der Waals surface area contributed by atoms with Gasteiger partial charge in [0.25, 0.3) is 0 Å². The highest BCUT2D eigenvalue weighted by molar-refractivity contribution is 4.83. The number of rotatable bonds is 4. The van der Waals surface area contributed by atoms with Crippen LogP contribution in [0.1, 0.15) is 0 Å². The summed E-state index contributed by atoms with van der Waals surface area (Å²) in [7, 11) is 0. The first-order valence-electron chi connectivity index (χ1n) is 3.17. The first-order valence-corrected chi connectivity index (χ1v) is 3.17. The average molecular weight is 226 g/mol. The van der Waals surface area contributed by atoms with Crippen LogP contribution in [0.5, 0.6) is 0 Å². The second kappa shape index (κ2) is 4.52. The molecule has 0 spiro atoms. The quantitative estimate of drug-likeness (QED) is 0.529. The second-order valence-electron chi connectivity index (χ2n) is 2.22. The van der Waals surface area contributed by atoms with E-state index in [-0.39, 0.29) is 6.26 Å². The molecule has 0 radical (unpaired) electrons. The zero-order valence-electron chi connectivity index (χ0n) is 6.49. The van der Waals surface area contributed by atoms with Crippen LogP contribution < -0.4 is 0 Å². The Kier molecular flexibility index (Phi) is 4.21. The molecule has 0 fully saturated rings. The summed E-state index contributed by atoms with van der Waals surface area (Å²) in [6, 6.07) is 0. The maximum absolute atomic E-state index is 12.0. The Morgan fingerprint density at radius 3 is 1.93 bits per heavy atom. The van der Waals surface area contributed by atoms with Crippen molar-refractivity contribution in [1.29, 1.82) is 0 Å². The standard InChI is InChI=1S/C6H5F7O/c7-4(8)5(9,10)3-14-2-1-6(11,12)13/h1-2,4H,3H2/b2-1+. The largest absolute Gasteiger partial charge is 0.495 e. The fraction of sp³-hybridized carbons (Fsp3) is 0.667. The summed E-state index contributed by atoms with van der Waals surface area (Å²) in [4.78, 5) is 0. The van der Waals surface area contributed by atoms with Crippen molar-refractivity contribution in [2.75, 3.05) is 6.61 Å². The van der Waals surface area contributed by atoms with Crippen LogP contribution in [0, 0.1) is 0 Å². The van der Waals surface area contributed by atoms with Crippen molar-refractivity contribution >= 4 is 0 Å². The molecule has 0 aliphatic heterocycles. The first-order chi connectivity index (χ1) is 6.15. The van der Waals surface area contributed by atoms with Crippen molar-refractivity contribution in [3.63, 3.8) is 0 Å². The molecule has 0 rings (SSSR count). The zero-order valence-corrected chi connectivity index (χ0v) is 6.49. The zero-order chi connectivity index (χ0) is 11.4. The third-order valence-electron chi connectivity index (χ3n) is 0.948. The predicted octanol–water partition coefficient (Wildman–Crippen LogP) is 2.98. The van der Waals surface area contributed by atoms with Crippen molar-refractivity contribution in [2.45, 2.75) is 18.5 Å². The van der Waals surface area contributed by atoms with Crippen molar-refractivity contribution in [3.8, 4) is 0 Å². The van der Waals surface area contributed by atoms with Gasteiger partial charge in [0.15, 0.2) is 6.61 Å². The lowest BCUT2D eigenvalue weighted by molar-refractivity contribution is -0.155. The summed E-state index contributed by atoms with van der Waals surface area (Å²) in [6.07, 6.45) is -9.27. The molecule has 0 amide bonds. The lowest BCUT2D eigenvalue weighted by Gasteiger charge is -2.13. The van der Waals surface area contributed by atoms with Gasteiger partial charge in [-0.15, -0.1) is 0 Å². The van der Waals surface area contributed by atoms with Gasteiger partial charge in [-0.25, -0.2) is 8.78 Å². The van der Waals surface area contributed by atoms with Crippen LogP contribution >= 0.6 is 0 Å². The van der Waals surface area contributed by atoms with Crippen LogP contribution in [0.25, 0.3) is 0 Å². The molecule has 0 bridgehead atoms. The highest BCUT2D eigenvalue weighted by Crippen LogP contribution is 2.23. The van der Waals surface area contributed by atoms with Crippen LogP contribution in [0.3, 0.4) is 0 Å². The molecule has 0 aliphatic carbocycles. The fourth-order valence-electron chi connectivity index (χ4n) is 0.347. The van der Waals surface area contributed by atoms with E-state index in [2.05, 4.69) is 4.74 Å². The molecule has 0 aromatic carbocycles. The predicted molar refractivity (Wildman–Crippen MR) is 32.1 cm³/mol. The molecule has 84 valence electrons. The van der Waals surface area contributed by atoms with E-state index in [0.29, 0.717) is 0 Å². The van der Waals surface area contributed by atoms with Crippen LogP contribution in [0.4, 0.5) is 30.7 Å². The molecule has 1 nitrogen and oxygen atoms in total. The minimum absolute atomic E-state index is 0.101. The molecule has 14 heavy (non-hydrogen) atoms. The topological polar surface area (TPSA) is 9.23 Å². The Morgan fingerprint density at radius 2 is 1.57 bits per heavy atom.